The first-order valence-corrected chi connectivity index (χ1v) is 6.39. The fourth-order valence-corrected chi connectivity index (χ4v) is 1.65. The molecule has 1 aromatic carbocycles. The van der Waals surface area contributed by atoms with Crippen molar-refractivity contribution in [2.75, 3.05) is 5.75 Å². The van der Waals surface area contributed by atoms with Crippen molar-refractivity contribution in [3.8, 4) is 0 Å². The fraction of sp³-hybridized carbons (Fsp3) is 0.300. The van der Waals surface area contributed by atoms with Crippen molar-refractivity contribution in [1.82, 2.24) is 4.72 Å². The lowest BCUT2D eigenvalue weighted by atomic mass is 10.1. The minimum atomic E-state index is -3.21. The maximum Gasteiger partial charge on any atom is 0.335 e. The van der Waals surface area contributed by atoms with Crippen LogP contribution in [0.2, 0.25) is 0 Å². The molecule has 0 fully saturated rings. The molecule has 1 aromatic rings. The number of carboxylic acid groups (broad SMARTS) is 1. The molecule has 88 valence electrons. The maximum absolute atomic E-state index is 11.1. The van der Waals surface area contributed by atoms with Crippen LogP contribution in [0.5, 0.6) is 0 Å². The fourth-order valence-electron chi connectivity index (χ4n) is 1.06. The Hall–Kier alpha value is -1.40. The van der Waals surface area contributed by atoms with Crippen LogP contribution in [0.4, 0.5) is 0 Å². The van der Waals surface area contributed by atoms with Crippen LogP contribution in [0.3, 0.4) is 0 Å². The van der Waals surface area contributed by atoms with Gasteiger partial charge in [-0.25, -0.2) is 17.9 Å². The summed E-state index contributed by atoms with van der Waals surface area (Å²) in [4.78, 5) is 10.6. The van der Waals surface area contributed by atoms with Gasteiger partial charge < -0.3 is 5.11 Å². The standard InChI is InChI=1S/C10H13NO4S/c1-2-16(14,15)11-7-8-3-5-9(6-4-8)10(12)13/h3-6,11H,2,7H2,1H3,(H,12,13). The normalized spacial score (nSPS) is 11.3. The summed E-state index contributed by atoms with van der Waals surface area (Å²) in [5.41, 5.74) is 0.907. The first-order valence-electron chi connectivity index (χ1n) is 4.74. The summed E-state index contributed by atoms with van der Waals surface area (Å²) in [6.45, 7) is 1.73. The molecular weight excluding hydrogens is 230 g/mol. The number of hydrogen-bond donors (Lipinski definition) is 2. The third-order valence-electron chi connectivity index (χ3n) is 2.08. The molecule has 0 aliphatic heterocycles. The summed E-state index contributed by atoms with van der Waals surface area (Å²) in [5, 5.41) is 8.66. The lowest BCUT2D eigenvalue weighted by Crippen LogP contribution is -2.24. The van der Waals surface area contributed by atoms with Gasteiger partial charge in [0.05, 0.1) is 11.3 Å². The summed E-state index contributed by atoms with van der Waals surface area (Å²) >= 11 is 0. The molecule has 0 saturated heterocycles. The number of carboxylic acids is 1. The molecule has 0 spiro atoms. The zero-order chi connectivity index (χ0) is 12.2. The quantitative estimate of drug-likeness (QED) is 0.802. The molecule has 0 bridgehead atoms. The van der Waals surface area contributed by atoms with Crippen molar-refractivity contribution < 1.29 is 18.3 Å². The first-order chi connectivity index (χ1) is 7.44. The monoisotopic (exact) mass is 243 g/mol. The first kappa shape index (κ1) is 12.7. The van der Waals surface area contributed by atoms with Gasteiger partial charge in [0.25, 0.3) is 0 Å². The van der Waals surface area contributed by atoms with Crippen LogP contribution in [0, 0.1) is 0 Å². The second kappa shape index (κ2) is 5.09. The number of hydrogen-bond acceptors (Lipinski definition) is 3. The smallest absolute Gasteiger partial charge is 0.335 e. The summed E-state index contributed by atoms with van der Waals surface area (Å²) < 4.78 is 24.7. The molecule has 5 nitrogen and oxygen atoms in total. The van der Waals surface area contributed by atoms with Gasteiger partial charge in [-0.1, -0.05) is 12.1 Å². The van der Waals surface area contributed by atoms with Gasteiger partial charge in [0.2, 0.25) is 10.0 Å². The van der Waals surface area contributed by atoms with E-state index in [4.69, 9.17) is 5.11 Å². The Morgan fingerprint density at radius 3 is 2.31 bits per heavy atom. The molecule has 2 N–H and O–H groups in total. The predicted molar refractivity (Wildman–Crippen MR) is 59.7 cm³/mol. The number of aromatic carboxylic acids is 1. The molecule has 0 unspecified atom stereocenters. The zero-order valence-electron chi connectivity index (χ0n) is 8.80. The minimum Gasteiger partial charge on any atom is -0.478 e. The van der Waals surface area contributed by atoms with E-state index in [0.717, 1.165) is 5.56 Å². The maximum atomic E-state index is 11.1. The number of carbonyl (C=O) groups is 1. The second-order valence-electron chi connectivity index (χ2n) is 3.23. The van der Waals surface area contributed by atoms with Crippen molar-refractivity contribution in [1.29, 1.82) is 0 Å². The number of nitrogens with one attached hydrogen (secondary N) is 1. The molecule has 0 radical (unpaired) electrons. The minimum absolute atomic E-state index is 0.0280. The summed E-state index contributed by atoms with van der Waals surface area (Å²) in [6, 6.07) is 6.05. The van der Waals surface area contributed by atoms with Gasteiger partial charge in [-0.3, -0.25) is 0 Å². The highest BCUT2D eigenvalue weighted by Gasteiger charge is 2.06. The van der Waals surface area contributed by atoms with Crippen LogP contribution in [0.25, 0.3) is 0 Å². The molecule has 0 atom stereocenters. The van der Waals surface area contributed by atoms with Crippen LogP contribution >= 0.6 is 0 Å². The molecule has 1 rings (SSSR count). The molecule has 0 saturated carbocycles. The van der Waals surface area contributed by atoms with E-state index in [2.05, 4.69) is 4.72 Å². The van der Waals surface area contributed by atoms with Gasteiger partial charge in [0.1, 0.15) is 0 Å². The Bertz CT molecular complexity index is 464. The van der Waals surface area contributed by atoms with Crippen molar-refractivity contribution >= 4 is 16.0 Å². The highest BCUT2D eigenvalue weighted by atomic mass is 32.2. The van der Waals surface area contributed by atoms with E-state index in [9.17, 15) is 13.2 Å². The molecule has 6 heteroatoms. The Balaban J connectivity index is 2.66. The lowest BCUT2D eigenvalue weighted by molar-refractivity contribution is 0.0697. The topological polar surface area (TPSA) is 83.5 Å². The van der Waals surface area contributed by atoms with E-state index in [0.29, 0.717) is 0 Å². The Morgan fingerprint density at radius 2 is 1.88 bits per heavy atom. The molecule has 16 heavy (non-hydrogen) atoms. The van der Waals surface area contributed by atoms with Crippen molar-refractivity contribution in [2.24, 2.45) is 0 Å². The summed E-state index contributed by atoms with van der Waals surface area (Å²) in [5.74, 6) is -0.971. The van der Waals surface area contributed by atoms with E-state index in [-0.39, 0.29) is 17.9 Å². The van der Waals surface area contributed by atoms with Crippen molar-refractivity contribution in [3.63, 3.8) is 0 Å². The summed E-state index contributed by atoms with van der Waals surface area (Å²) in [6.07, 6.45) is 0. The van der Waals surface area contributed by atoms with Crippen molar-refractivity contribution in [2.45, 2.75) is 13.5 Å². The van der Waals surface area contributed by atoms with E-state index in [1.807, 2.05) is 0 Å². The van der Waals surface area contributed by atoms with Gasteiger partial charge in [0.15, 0.2) is 0 Å². The van der Waals surface area contributed by atoms with E-state index < -0.39 is 16.0 Å². The third kappa shape index (κ3) is 3.63. The van der Waals surface area contributed by atoms with E-state index >= 15 is 0 Å². The van der Waals surface area contributed by atoms with Gasteiger partial charge >= 0.3 is 5.97 Å². The second-order valence-corrected chi connectivity index (χ2v) is 5.32. The van der Waals surface area contributed by atoms with Crippen LogP contribution in [-0.4, -0.2) is 25.2 Å². The van der Waals surface area contributed by atoms with Gasteiger partial charge in [0, 0.05) is 6.54 Å². The van der Waals surface area contributed by atoms with Crippen LogP contribution in [0.15, 0.2) is 24.3 Å². The Morgan fingerprint density at radius 1 is 1.31 bits per heavy atom. The zero-order valence-corrected chi connectivity index (χ0v) is 9.62. The van der Waals surface area contributed by atoms with Crippen LogP contribution in [-0.2, 0) is 16.6 Å². The van der Waals surface area contributed by atoms with Gasteiger partial charge in [-0.2, -0.15) is 0 Å². The molecule has 0 aliphatic rings. The molecule has 0 amide bonds. The lowest BCUT2D eigenvalue weighted by Gasteiger charge is -2.04. The largest absolute Gasteiger partial charge is 0.478 e. The van der Waals surface area contributed by atoms with E-state index in [1.165, 1.54) is 12.1 Å². The molecule has 0 heterocycles. The number of sulfonamides is 1. The Labute approximate surface area is 94.2 Å². The third-order valence-corrected chi connectivity index (χ3v) is 3.42. The van der Waals surface area contributed by atoms with E-state index in [1.54, 1.807) is 19.1 Å². The average Bonchev–Trinajstić information content (AvgIpc) is 2.27. The SMILES string of the molecule is CCS(=O)(=O)NCc1ccc(C(=O)O)cc1. The van der Waals surface area contributed by atoms with Crippen LogP contribution in [0.1, 0.15) is 22.8 Å². The molecule has 0 aliphatic carbocycles. The highest BCUT2D eigenvalue weighted by Crippen LogP contribution is 2.04. The highest BCUT2D eigenvalue weighted by molar-refractivity contribution is 7.89. The Kier molecular flexibility index (Phi) is 4.03. The molecule has 0 aromatic heterocycles. The summed E-state index contributed by atoms with van der Waals surface area (Å²) in [7, 11) is -3.21. The number of rotatable bonds is 5. The number of benzene rings is 1. The van der Waals surface area contributed by atoms with Gasteiger partial charge in [-0.15, -0.1) is 0 Å². The molecular formula is C10H13NO4S. The van der Waals surface area contributed by atoms with Crippen LogP contribution < -0.4 is 4.72 Å². The van der Waals surface area contributed by atoms with Gasteiger partial charge in [-0.05, 0) is 24.6 Å². The predicted octanol–water partition coefficient (Wildman–Crippen LogP) is 0.824. The van der Waals surface area contributed by atoms with Crippen molar-refractivity contribution in [3.05, 3.63) is 35.4 Å². The average molecular weight is 243 g/mol.